The zero-order valence-corrected chi connectivity index (χ0v) is 11.6. The van der Waals surface area contributed by atoms with E-state index in [0.717, 1.165) is 10.5 Å². The van der Waals surface area contributed by atoms with Crippen LogP contribution in [0.3, 0.4) is 0 Å². The Morgan fingerprint density at radius 3 is 2.76 bits per heavy atom. The van der Waals surface area contributed by atoms with Crippen molar-refractivity contribution in [3.63, 3.8) is 0 Å². The topological polar surface area (TPSA) is 105 Å². The first-order chi connectivity index (χ1) is 10.1. The lowest BCUT2D eigenvalue weighted by atomic mass is 10.1. The van der Waals surface area contributed by atoms with E-state index in [2.05, 4.69) is 10.6 Å². The second-order valence-electron chi connectivity index (χ2n) is 4.72. The summed E-state index contributed by atoms with van der Waals surface area (Å²) in [5.74, 6) is -0.420. The van der Waals surface area contributed by atoms with Crippen LogP contribution in [0.2, 0.25) is 0 Å². The number of amides is 4. The molecule has 4 N–H and O–H groups in total. The number of hydrogen-bond donors (Lipinski definition) is 3. The lowest BCUT2D eigenvalue weighted by Gasteiger charge is -2.12. The first kappa shape index (κ1) is 15.0. The average molecular weight is 290 g/mol. The van der Waals surface area contributed by atoms with Crippen molar-refractivity contribution in [2.24, 2.45) is 5.73 Å². The van der Waals surface area contributed by atoms with Crippen molar-refractivity contribution in [2.45, 2.75) is 19.4 Å². The van der Waals surface area contributed by atoms with E-state index in [0.29, 0.717) is 18.7 Å². The van der Waals surface area contributed by atoms with Crippen LogP contribution < -0.4 is 16.4 Å². The monoisotopic (exact) mass is 290 g/mol. The largest absolute Gasteiger partial charge is 0.329 e. The van der Waals surface area contributed by atoms with Crippen LogP contribution in [0, 0.1) is 0 Å². The molecule has 0 unspecified atom stereocenters. The van der Waals surface area contributed by atoms with Crippen LogP contribution >= 0.6 is 0 Å². The Morgan fingerprint density at radius 2 is 2.10 bits per heavy atom. The molecule has 112 valence electrons. The Hall–Kier alpha value is -2.41. The molecule has 1 aliphatic rings. The van der Waals surface area contributed by atoms with Gasteiger partial charge >= 0.3 is 6.03 Å². The SMILES string of the molecule is NCc1ccccc1NC(=O)CCCN1C(=O)CNC1=O. The highest BCUT2D eigenvalue weighted by molar-refractivity contribution is 6.02. The molecule has 21 heavy (non-hydrogen) atoms. The Bertz CT molecular complexity index is 543. The number of nitrogens with two attached hydrogens (primary N) is 1. The van der Waals surface area contributed by atoms with E-state index in [1.807, 2.05) is 18.2 Å². The quantitative estimate of drug-likeness (QED) is 0.660. The highest BCUT2D eigenvalue weighted by Crippen LogP contribution is 2.14. The molecule has 0 bridgehead atoms. The molecule has 0 spiro atoms. The van der Waals surface area contributed by atoms with E-state index in [-0.39, 0.29) is 31.3 Å². The molecule has 1 heterocycles. The van der Waals surface area contributed by atoms with Crippen molar-refractivity contribution < 1.29 is 14.4 Å². The second-order valence-corrected chi connectivity index (χ2v) is 4.72. The molecule has 0 aliphatic carbocycles. The first-order valence-corrected chi connectivity index (χ1v) is 6.78. The van der Waals surface area contributed by atoms with E-state index >= 15 is 0 Å². The van der Waals surface area contributed by atoms with Crippen molar-refractivity contribution >= 4 is 23.5 Å². The average Bonchev–Trinajstić information content (AvgIpc) is 2.79. The zero-order chi connectivity index (χ0) is 15.2. The summed E-state index contributed by atoms with van der Waals surface area (Å²) in [4.78, 5) is 35.7. The minimum absolute atomic E-state index is 0.0366. The van der Waals surface area contributed by atoms with Crippen LogP contribution in [0.4, 0.5) is 10.5 Å². The van der Waals surface area contributed by atoms with Crippen molar-refractivity contribution in [3.05, 3.63) is 29.8 Å². The fraction of sp³-hybridized carbons (Fsp3) is 0.357. The number of nitrogens with one attached hydrogen (secondary N) is 2. The lowest BCUT2D eigenvalue weighted by Crippen LogP contribution is -2.32. The first-order valence-electron chi connectivity index (χ1n) is 6.78. The summed E-state index contributed by atoms with van der Waals surface area (Å²) in [6.07, 6.45) is 0.658. The van der Waals surface area contributed by atoms with E-state index in [1.54, 1.807) is 6.07 Å². The molecular weight excluding hydrogens is 272 g/mol. The summed E-state index contributed by atoms with van der Waals surface area (Å²) < 4.78 is 0. The normalized spacial score (nSPS) is 14.2. The van der Waals surface area contributed by atoms with Crippen molar-refractivity contribution in [2.75, 3.05) is 18.4 Å². The summed E-state index contributed by atoms with van der Waals surface area (Å²) >= 11 is 0. The molecule has 1 aliphatic heterocycles. The minimum Gasteiger partial charge on any atom is -0.329 e. The molecule has 7 nitrogen and oxygen atoms in total. The van der Waals surface area contributed by atoms with Gasteiger partial charge in [-0.3, -0.25) is 14.5 Å². The van der Waals surface area contributed by atoms with Crippen LogP contribution in [0.1, 0.15) is 18.4 Å². The van der Waals surface area contributed by atoms with Crippen LogP contribution in [0.25, 0.3) is 0 Å². The third-order valence-electron chi connectivity index (χ3n) is 3.23. The standard InChI is InChI=1S/C14H18N4O3/c15-8-10-4-1-2-5-11(10)17-12(19)6-3-7-18-13(20)9-16-14(18)21/h1-2,4-5H,3,6-9,15H2,(H,16,21)(H,17,19). The predicted octanol–water partition coefficient (Wildman–Crippen LogP) is 0.416. The van der Waals surface area contributed by atoms with E-state index in [4.69, 9.17) is 5.73 Å². The summed E-state index contributed by atoms with van der Waals surface area (Å²) in [7, 11) is 0. The van der Waals surface area contributed by atoms with Crippen LogP contribution in [-0.2, 0) is 16.1 Å². The van der Waals surface area contributed by atoms with E-state index in [1.165, 1.54) is 0 Å². The maximum absolute atomic E-state index is 11.9. The number of anilines is 1. The van der Waals surface area contributed by atoms with Gasteiger partial charge in [0.15, 0.2) is 0 Å². The number of para-hydroxylation sites is 1. The number of carbonyl (C=O) groups excluding carboxylic acids is 3. The smallest absolute Gasteiger partial charge is 0.324 e. The summed E-state index contributed by atoms with van der Waals surface area (Å²) in [5.41, 5.74) is 7.16. The van der Waals surface area contributed by atoms with Gasteiger partial charge in [-0.15, -0.1) is 0 Å². The summed E-state index contributed by atoms with van der Waals surface area (Å²) in [5, 5.41) is 5.22. The maximum atomic E-state index is 11.9. The highest BCUT2D eigenvalue weighted by Gasteiger charge is 2.27. The number of hydrogen-bond acceptors (Lipinski definition) is 4. The van der Waals surface area contributed by atoms with Crippen LogP contribution in [0.5, 0.6) is 0 Å². The molecule has 1 fully saturated rings. The van der Waals surface area contributed by atoms with Gasteiger partial charge < -0.3 is 16.4 Å². The molecule has 1 aromatic rings. The molecule has 0 aromatic heterocycles. The minimum atomic E-state index is -0.395. The molecular formula is C14H18N4O3. The molecule has 0 saturated carbocycles. The van der Waals surface area contributed by atoms with Gasteiger partial charge in [0.25, 0.3) is 0 Å². The molecule has 1 saturated heterocycles. The molecule has 2 rings (SSSR count). The maximum Gasteiger partial charge on any atom is 0.324 e. The number of nitrogens with zero attached hydrogens (tertiary/aromatic N) is 1. The highest BCUT2D eigenvalue weighted by atomic mass is 16.2. The van der Waals surface area contributed by atoms with Gasteiger partial charge in [-0.1, -0.05) is 18.2 Å². The number of carbonyl (C=O) groups is 3. The van der Waals surface area contributed by atoms with E-state index in [9.17, 15) is 14.4 Å². The van der Waals surface area contributed by atoms with Crippen molar-refractivity contribution in [1.29, 1.82) is 0 Å². The van der Waals surface area contributed by atoms with Gasteiger partial charge in [0.1, 0.15) is 0 Å². The van der Waals surface area contributed by atoms with Crippen LogP contribution in [0.15, 0.2) is 24.3 Å². The number of urea groups is 1. The number of benzene rings is 1. The Labute approximate surface area is 122 Å². The molecule has 0 atom stereocenters. The fourth-order valence-corrected chi connectivity index (χ4v) is 2.11. The molecule has 7 heteroatoms. The zero-order valence-electron chi connectivity index (χ0n) is 11.6. The van der Waals surface area contributed by atoms with Crippen molar-refractivity contribution in [1.82, 2.24) is 10.2 Å². The summed E-state index contributed by atoms with van der Waals surface area (Å²) in [6, 6.07) is 6.92. The Kier molecular flexibility index (Phi) is 4.89. The van der Waals surface area contributed by atoms with Crippen LogP contribution in [-0.4, -0.2) is 35.8 Å². The number of imide groups is 1. The Morgan fingerprint density at radius 1 is 1.33 bits per heavy atom. The number of rotatable bonds is 6. The third-order valence-corrected chi connectivity index (χ3v) is 3.23. The fourth-order valence-electron chi connectivity index (χ4n) is 2.11. The van der Waals surface area contributed by atoms with Crippen molar-refractivity contribution in [3.8, 4) is 0 Å². The van der Waals surface area contributed by atoms with Gasteiger partial charge in [-0.25, -0.2) is 4.79 Å². The van der Waals surface area contributed by atoms with Gasteiger partial charge in [0.2, 0.25) is 11.8 Å². The second kappa shape index (κ2) is 6.85. The molecule has 0 radical (unpaired) electrons. The third kappa shape index (κ3) is 3.79. The van der Waals surface area contributed by atoms with Gasteiger partial charge in [0.05, 0.1) is 6.54 Å². The Balaban J connectivity index is 1.80. The van der Waals surface area contributed by atoms with Gasteiger partial charge in [-0.2, -0.15) is 0 Å². The van der Waals surface area contributed by atoms with Gasteiger partial charge in [0, 0.05) is 25.2 Å². The summed E-state index contributed by atoms with van der Waals surface area (Å²) in [6.45, 7) is 0.629. The van der Waals surface area contributed by atoms with Gasteiger partial charge in [-0.05, 0) is 18.1 Å². The lowest BCUT2D eigenvalue weighted by molar-refractivity contribution is -0.125. The molecule has 1 aromatic carbocycles. The molecule has 4 amide bonds. The van der Waals surface area contributed by atoms with E-state index < -0.39 is 6.03 Å². The predicted molar refractivity (Wildman–Crippen MR) is 77.3 cm³/mol.